The zero-order valence-electron chi connectivity index (χ0n) is 15.6. The van der Waals surface area contributed by atoms with Gasteiger partial charge in [-0.3, -0.25) is 9.48 Å². The van der Waals surface area contributed by atoms with Gasteiger partial charge in [-0.1, -0.05) is 61.0 Å². The van der Waals surface area contributed by atoms with Gasteiger partial charge in [-0.15, -0.1) is 0 Å². The minimum atomic E-state index is -0.307. The van der Waals surface area contributed by atoms with Crippen molar-refractivity contribution in [2.24, 2.45) is 7.05 Å². The third-order valence-electron chi connectivity index (χ3n) is 4.65. The van der Waals surface area contributed by atoms with Crippen LogP contribution in [0, 0.1) is 0 Å². The second kappa shape index (κ2) is 7.44. The van der Waals surface area contributed by atoms with Gasteiger partial charge in [0.25, 0.3) is 5.91 Å². The summed E-state index contributed by atoms with van der Waals surface area (Å²) >= 11 is 6.26. The summed E-state index contributed by atoms with van der Waals surface area (Å²) in [5, 5.41) is 9.77. The Balaban J connectivity index is 1.64. The summed E-state index contributed by atoms with van der Waals surface area (Å²) in [4.78, 5) is 17.4. The molecule has 4 rings (SSSR count). The second-order valence-corrected chi connectivity index (χ2v) is 6.87. The lowest BCUT2D eigenvalue weighted by Crippen LogP contribution is -2.14. The quantitative estimate of drug-likeness (QED) is 0.527. The molecule has 0 saturated carbocycles. The molecule has 5 nitrogen and oxygen atoms in total. The Hall–Kier alpha value is -3.18. The fourth-order valence-corrected chi connectivity index (χ4v) is 3.45. The highest BCUT2D eigenvalue weighted by molar-refractivity contribution is 6.33. The molecule has 0 bridgehead atoms. The average molecular weight is 391 g/mol. The number of nitrogens with zero attached hydrogens (tertiary/aromatic N) is 3. The molecule has 2 heterocycles. The number of hydrogen-bond donors (Lipinski definition) is 1. The van der Waals surface area contributed by atoms with E-state index >= 15 is 0 Å². The molecule has 0 atom stereocenters. The van der Waals surface area contributed by atoms with Gasteiger partial charge in [0.1, 0.15) is 11.0 Å². The monoisotopic (exact) mass is 390 g/mol. The molecule has 140 valence electrons. The number of aromatic nitrogens is 3. The lowest BCUT2D eigenvalue weighted by molar-refractivity contribution is 0.102. The summed E-state index contributed by atoms with van der Waals surface area (Å²) in [5.74, 6) is 0.163. The van der Waals surface area contributed by atoms with Crippen LogP contribution in [0.2, 0.25) is 5.15 Å². The Labute approximate surface area is 168 Å². The first-order valence-electron chi connectivity index (χ1n) is 9.05. The van der Waals surface area contributed by atoms with E-state index in [0.717, 1.165) is 16.6 Å². The topological polar surface area (TPSA) is 59.8 Å². The summed E-state index contributed by atoms with van der Waals surface area (Å²) in [6.45, 7) is 1.94. The number of carbonyl (C=O) groups is 1. The number of pyridine rings is 1. The molecule has 0 aliphatic carbocycles. The fourth-order valence-electron chi connectivity index (χ4n) is 3.22. The Morgan fingerprint density at radius 3 is 2.64 bits per heavy atom. The highest BCUT2D eigenvalue weighted by Crippen LogP contribution is 2.25. The molecule has 0 spiro atoms. The number of fused-ring (bicyclic) bond motifs is 1. The molecular weight excluding hydrogens is 372 g/mol. The van der Waals surface area contributed by atoms with Crippen molar-refractivity contribution in [3.8, 4) is 11.3 Å². The molecule has 28 heavy (non-hydrogen) atoms. The third-order valence-corrected chi connectivity index (χ3v) is 5.08. The highest BCUT2D eigenvalue weighted by atomic mass is 35.5. The standard InChI is InChI=1S/C22H19ClN4O/c1-3-17-20(21(23)27(2)26-17)22(28)25-19-10-6-9-18(24-19)16-12-11-14-7-4-5-8-15(14)13-16/h4-13H,3H2,1-2H3,(H,24,25,28). The van der Waals surface area contributed by atoms with Crippen LogP contribution in [0.5, 0.6) is 0 Å². The van der Waals surface area contributed by atoms with Crippen molar-refractivity contribution in [3.63, 3.8) is 0 Å². The van der Waals surface area contributed by atoms with Gasteiger partial charge < -0.3 is 5.32 Å². The lowest BCUT2D eigenvalue weighted by atomic mass is 10.0. The number of rotatable bonds is 4. The molecule has 0 saturated heterocycles. The lowest BCUT2D eigenvalue weighted by Gasteiger charge is -2.08. The van der Waals surface area contributed by atoms with Gasteiger partial charge in [-0.2, -0.15) is 5.10 Å². The van der Waals surface area contributed by atoms with E-state index in [9.17, 15) is 4.79 Å². The molecule has 4 aromatic rings. The molecular formula is C22H19ClN4O. The minimum absolute atomic E-state index is 0.307. The van der Waals surface area contributed by atoms with Crippen LogP contribution < -0.4 is 5.32 Å². The smallest absolute Gasteiger partial charge is 0.261 e. The van der Waals surface area contributed by atoms with E-state index in [1.807, 2.05) is 37.3 Å². The van der Waals surface area contributed by atoms with E-state index in [0.29, 0.717) is 28.6 Å². The van der Waals surface area contributed by atoms with E-state index in [4.69, 9.17) is 11.6 Å². The molecule has 0 aliphatic rings. The van der Waals surface area contributed by atoms with Gasteiger partial charge in [0.05, 0.1) is 17.0 Å². The average Bonchev–Trinajstić information content (AvgIpc) is 3.01. The van der Waals surface area contributed by atoms with Crippen molar-refractivity contribution < 1.29 is 4.79 Å². The van der Waals surface area contributed by atoms with Gasteiger partial charge in [-0.05, 0) is 35.4 Å². The minimum Gasteiger partial charge on any atom is -0.306 e. The zero-order chi connectivity index (χ0) is 19.7. The number of aryl methyl sites for hydroxylation is 2. The first-order valence-corrected chi connectivity index (χ1v) is 9.43. The molecule has 1 N–H and O–H groups in total. The number of benzene rings is 2. The third kappa shape index (κ3) is 3.37. The van der Waals surface area contributed by atoms with Crippen molar-refractivity contribution in [3.05, 3.63) is 77.1 Å². The Kier molecular flexibility index (Phi) is 4.84. The summed E-state index contributed by atoms with van der Waals surface area (Å²) in [6.07, 6.45) is 0.619. The van der Waals surface area contributed by atoms with E-state index in [1.54, 1.807) is 13.1 Å². The molecule has 2 aromatic carbocycles. The maximum atomic E-state index is 12.8. The highest BCUT2D eigenvalue weighted by Gasteiger charge is 2.21. The Bertz CT molecular complexity index is 1180. The van der Waals surface area contributed by atoms with Crippen molar-refractivity contribution in [2.75, 3.05) is 5.32 Å². The second-order valence-electron chi connectivity index (χ2n) is 6.51. The fraction of sp³-hybridized carbons (Fsp3) is 0.136. The van der Waals surface area contributed by atoms with Crippen molar-refractivity contribution in [2.45, 2.75) is 13.3 Å². The van der Waals surface area contributed by atoms with Gasteiger partial charge in [-0.25, -0.2) is 4.98 Å². The normalized spacial score (nSPS) is 11.0. The maximum Gasteiger partial charge on any atom is 0.261 e. The van der Waals surface area contributed by atoms with Crippen LogP contribution in [0.3, 0.4) is 0 Å². The largest absolute Gasteiger partial charge is 0.306 e. The number of amides is 1. The van der Waals surface area contributed by atoms with Gasteiger partial charge in [0, 0.05) is 12.6 Å². The van der Waals surface area contributed by atoms with Crippen LogP contribution in [-0.4, -0.2) is 20.7 Å². The van der Waals surface area contributed by atoms with Crippen molar-refractivity contribution in [1.29, 1.82) is 0 Å². The number of hydrogen-bond acceptors (Lipinski definition) is 3. The molecule has 2 aromatic heterocycles. The molecule has 1 amide bonds. The van der Waals surface area contributed by atoms with Gasteiger partial charge in [0.15, 0.2) is 0 Å². The first kappa shape index (κ1) is 18.2. The predicted octanol–water partition coefficient (Wildman–Crippen LogP) is 5.10. The van der Waals surface area contributed by atoms with Crippen LogP contribution in [0.15, 0.2) is 60.7 Å². The van der Waals surface area contributed by atoms with E-state index < -0.39 is 0 Å². The summed E-state index contributed by atoms with van der Waals surface area (Å²) < 4.78 is 1.51. The zero-order valence-corrected chi connectivity index (χ0v) is 16.4. The molecule has 0 aliphatic heterocycles. The number of nitrogens with one attached hydrogen (secondary N) is 1. The van der Waals surface area contributed by atoms with Crippen LogP contribution >= 0.6 is 11.6 Å². The Morgan fingerprint density at radius 1 is 1.07 bits per heavy atom. The van der Waals surface area contributed by atoms with Crippen LogP contribution in [0.1, 0.15) is 23.0 Å². The SMILES string of the molecule is CCc1nn(C)c(Cl)c1C(=O)Nc1cccc(-c2ccc3ccccc3c2)n1. The van der Waals surface area contributed by atoms with Crippen LogP contribution in [0.25, 0.3) is 22.0 Å². The maximum absolute atomic E-state index is 12.8. The number of anilines is 1. The number of carbonyl (C=O) groups excluding carboxylic acids is 1. The van der Waals surface area contributed by atoms with Crippen LogP contribution in [0.4, 0.5) is 5.82 Å². The van der Waals surface area contributed by atoms with Gasteiger partial charge in [0.2, 0.25) is 0 Å². The first-order chi connectivity index (χ1) is 13.6. The van der Waals surface area contributed by atoms with Crippen LogP contribution in [-0.2, 0) is 13.5 Å². The molecule has 6 heteroatoms. The summed E-state index contributed by atoms with van der Waals surface area (Å²) in [7, 11) is 1.72. The molecule has 0 unspecified atom stereocenters. The van der Waals surface area contributed by atoms with Crippen molar-refractivity contribution >= 4 is 34.1 Å². The summed E-state index contributed by atoms with van der Waals surface area (Å²) in [6, 6.07) is 19.9. The van der Waals surface area contributed by atoms with Gasteiger partial charge >= 0.3 is 0 Å². The molecule has 0 radical (unpaired) electrons. The Morgan fingerprint density at radius 2 is 1.86 bits per heavy atom. The molecule has 0 fully saturated rings. The predicted molar refractivity (Wildman–Crippen MR) is 113 cm³/mol. The van der Waals surface area contributed by atoms with E-state index in [-0.39, 0.29) is 5.91 Å². The van der Waals surface area contributed by atoms with Crippen molar-refractivity contribution in [1.82, 2.24) is 14.8 Å². The van der Waals surface area contributed by atoms with E-state index in [1.165, 1.54) is 10.1 Å². The number of halogens is 1. The summed E-state index contributed by atoms with van der Waals surface area (Å²) in [5.41, 5.74) is 2.83. The van der Waals surface area contributed by atoms with E-state index in [2.05, 4.69) is 39.7 Å².